The standard InChI is InChI=1S/C16H20N2O4/c1-8(2)17-14(19)11-5-4-10(6-9(11)3)18-15(20)12-7-13(12)16(21)22/h4-6,8,12-13H,7H2,1-3H3,(H,17,19)(H,18,20)(H,21,22). The minimum Gasteiger partial charge on any atom is -0.481 e. The van der Waals surface area contributed by atoms with Crippen LogP contribution in [0.5, 0.6) is 0 Å². The highest BCUT2D eigenvalue weighted by Gasteiger charge is 2.48. The number of hydrogen-bond acceptors (Lipinski definition) is 3. The van der Waals surface area contributed by atoms with Crippen molar-refractivity contribution in [3.63, 3.8) is 0 Å². The fourth-order valence-electron chi connectivity index (χ4n) is 2.33. The fraction of sp³-hybridized carbons (Fsp3) is 0.438. The predicted octanol–water partition coefficient (Wildman–Crippen LogP) is 1.79. The molecule has 2 unspecified atom stereocenters. The van der Waals surface area contributed by atoms with Crippen molar-refractivity contribution >= 4 is 23.5 Å². The van der Waals surface area contributed by atoms with Gasteiger partial charge in [-0.25, -0.2) is 0 Å². The van der Waals surface area contributed by atoms with Crippen molar-refractivity contribution in [1.29, 1.82) is 0 Å². The van der Waals surface area contributed by atoms with Crippen LogP contribution in [0.15, 0.2) is 18.2 Å². The zero-order valence-electron chi connectivity index (χ0n) is 12.8. The minimum absolute atomic E-state index is 0.0501. The molecule has 0 aromatic heterocycles. The topological polar surface area (TPSA) is 95.5 Å². The molecule has 2 rings (SSSR count). The number of carboxylic acids is 1. The first-order chi connectivity index (χ1) is 10.3. The minimum atomic E-state index is -0.933. The molecular weight excluding hydrogens is 284 g/mol. The molecule has 1 aliphatic rings. The smallest absolute Gasteiger partial charge is 0.307 e. The van der Waals surface area contributed by atoms with Gasteiger partial charge >= 0.3 is 5.97 Å². The molecule has 2 amide bonds. The Morgan fingerprint density at radius 2 is 1.91 bits per heavy atom. The maximum Gasteiger partial charge on any atom is 0.307 e. The lowest BCUT2D eigenvalue weighted by atomic mass is 10.1. The van der Waals surface area contributed by atoms with Crippen LogP contribution in [0, 0.1) is 18.8 Å². The third kappa shape index (κ3) is 3.63. The van der Waals surface area contributed by atoms with E-state index in [1.807, 2.05) is 13.8 Å². The van der Waals surface area contributed by atoms with E-state index in [1.54, 1.807) is 25.1 Å². The zero-order chi connectivity index (χ0) is 16.4. The van der Waals surface area contributed by atoms with Gasteiger partial charge in [-0.15, -0.1) is 0 Å². The Hall–Kier alpha value is -2.37. The van der Waals surface area contributed by atoms with Crippen molar-refractivity contribution in [2.45, 2.75) is 33.2 Å². The second-order valence-corrected chi connectivity index (χ2v) is 5.93. The Balaban J connectivity index is 2.02. The van der Waals surface area contributed by atoms with Crippen LogP contribution in [-0.2, 0) is 9.59 Å². The molecule has 1 aromatic carbocycles. The zero-order valence-corrected chi connectivity index (χ0v) is 12.8. The number of carbonyl (C=O) groups excluding carboxylic acids is 2. The summed E-state index contributed by atoms with van der Waals surface area (Å²) in [5.41, 5.74) is 1.88. The SMILES string of the molecule is Cc1cc(NC(=O)C2CC2C(=O)O)ccc1C(=O)NC(C)C. The van der Waals surface area contributed by atoms with Gasteiger partial charge in [0.15, 0.2) is 0 Å². The molecule has 0 radical (unpaired) electrons. The number of amides is 2. The van der Waals surface area contributed by atoms with Crippen LogP contribution >= 0.6 is 0 Å². The van der Waals surface area contributed by atoms with E-state index in [0.717, 1.165) is 5.56 Å². The first kappa shape index (κ1) is 16.0. The number of benzene rings is 1. The largest absolute Gasteiger partial charge is 0.481 e. The summed E-state index contributed by atoms with van der Waals surface area (Å²) in [5, 5.41) is 14.3. The molecular formula is C16H20N2O4. The van der Waals surface area contributed by atoms with E-state index >= 15 is 0 Å². The molecule has 0 heterocycles. The van der Waals surface area contributed by atoms with Gasteiger partial charge < -0.3 is 15.7 Å². The van der Waals surface area contributed by atoms with Gasteiger partial charge in [-0.1, -0.05) is 0 Å². The van der Waals surface area contributed by atoms with E-state index in [4.69, 9.17) is 5.11 Å². The Morgan fingerprint density at radius 3 is 2.41 bits per heavy atom. The highest BCUT2D eigenvalue weighted by molar-refractivity contribution is 5.99. The van der Waals surface area contributed by atoms with Crippen molar-refractivity contribution in [3.8, 4) is 0 Å². The molecule has 0 saturated heterocycles. The number of hydrogen-bond donors (Lipinski definition) is 3. The second kappa shape index (κ2) is 6.17. The van der Waals surface area contributed by atoms with Gasteiger partial charge in [0, 0.05) is 17.3 Å². The normalized spacial score (nSPS) is 19.6. The van der Waals surface area contributed by atoms with Gasteiger partial charge in [0.2, 0.25) is 5.91 Å². The van der Waals surface area contributed by atoms with Crippen LogP contribution in [0.1, 0.15) is 36.2 Å². The molecule has 1 fully saturated rings. The summed E-state index contributed by atoms with van der Waals surface area (Å²) in [4.78, 5) is 34.7. The fourth-order valence-corrected chi connectivity index (χ4v) is 2.33. The van der Waals surface area contributed by atoms with E-state index in [0.29, 0.717) is 17.7 Å². The highest BCUT2D eigenvalue weighted by Crippen LogP contribution is 2.39. The number of rotatable bonds is 5. The average Bonchev–Trinajstić information content (AvgIpc) is 3.17. The predicted molar refractivity (Wildman–Crippen MR) is 81.6 cm³/mol. The molecule has 0 aliphatic heterocycles. The van der Waals surface area contributed by atoms with E-state index in [1.165, 1.54) is 0 Å². The number of anilines is 1. The molecule has 1 aliphatic carbocycles. The van der Waals surface area contributed by atoms with Crippen LogP contribution in [0.4, 0.5) is 5.69 Å². The molecule has 3 N–H and O–H groups in total. The van der Waals surface area contributed by atoms with Crippen LogP contribution in [0.25, 0.3) is 0 Å². The maximum atomic E-state index is 12.0. The molecule has 6 heteroatoms. The van der Waals surface area contributed by atoms with Crippen LogP contribution in [-0.4, -0.2) is 28.9 Å². The Labute approximate surface area is 128 Å². The average molecular weight is 304 g/mol. The van der Waals surface area contributed by atoms with E-state index in [-0.39, 0.29) is 17.9 Å². The van der Waals surface area contributed by atoms with Crippen molar-refractivity contribution in [3.05, 3.63) is 29.3 Å². The van der Waals surface area contributed by atoms with Gasteiger partial charge in [0.25, 0.3) is 5.91 Å². The van der Waals surface area contributed by atoms with Crippen molar-refractivity contribution < 1.29 is 19.5 Å². The summed E-state index contributed by atoms with van der Waals surface area (Å²) in [6.45, 7) is 5.56. The lowest BCUT2D eigenvalue weighted by molar-refractivity contribution is -0.139. The first-order valence-electron chi connectivity index (χ1n) is 7.24. The van der Waals surface area contributed by atoms with Gasteiger partial charge in [-0.2, -0.15) is 0 Å². The third-order valence-electron chi connectivity index (χ3n) is 3.60. The highest BCUT2D eigenvalue weighted by atomic mass is 16.4. The number of aliphatic carboxylic acids is 1. The van der Waals surface area contributed by atoms with Crippen molar-refractivity contribution in [1.82, 2.24) is 5.32 Å². The first-order valence-corrected chi connectivity index (χ1v) is 7.24. The molecule has 0 spiro atoms. The number of carbonyl (C=O) groups is 3. The number of carboxylic acid groups (broad SMARTS) is 1. The van der Waals surface area contributed by atoms with Crippen molar-refractivity contribution in [2.75, 3.05) is 5.32 Å². The molecule has 22 heavy (non-hydrogen) atoms. The number of aryl methyl sites for hydroxylation is 1. The van der Waals surface area contributed by atoms with Crippen molar-refractivity contribution in [2.24, 2.45) is 11.8 Å². The molecule has 118 valence electrons. The summed E-state index contributed by atoms with van der Waals surface area (Å²) in [6.07, 6.45) is 0.384. The molecule has 0 bridgehead atoms. The van der Waals surface area contributed by atoms with E-state index in [9.17, 15) is 14.4 Å². The van der Waals surface area contributed by atoms with Gasteiger partial charge in [0.1, 0.15) is 0 Å². The molecule has 1 saturated carbocycles. The molecule has 2 atom stereocenters. The summed E-state index contributed by atoms with van der Waals surface area (Å²) < 4.78 is 0. The van der Waals surface area contributed by atoms with E-state index in [2.05, 4.69) is 10.6 Å². The summed E-state index contributed by atoms with van der Waals surface area (Å²) >= 11 is 0. The van der Waals surface area contributed by atoms with Crippen LogP contribution in [0.2, 0.25) is 0 Å². The summed E-state index contributed by atoms with van der Waals surface area (Å²) in [7, 11) is 0. The Kier molecular flexibility index (Phi) is 4.49. The maximum absolute atomic E-state index is 12.0. The Morgan fingerprint density at radius 1 is 1.23 bits per heavy atom. The van der Waals surface area contributed by atoms with Crippen LogP contribution < -0.4 is 10.6 Å². The third-order valence-corrected chi connectivity index (χ3v) is 3.60. The monoisotopic (exact) mass is 304 g/mol. The van der Waals surface area contributed by atoms with E-state index < -0.39 is 17.8 Å². The lowest BCUT2D eigenvalue weighted by Crippen LogP contribution is -2.30. The molecule has 1 aromatic rings. The van der Waals surface area contributed by atoms with Crippen LogP contribution in [0.3, 0.4) is 0 Å². The quantitative estimate of drug-likeness (QED) is 0.773. The van der Waals surface area contributed by atoms with Gasteiger partial charge in [0.05, 0.1) is 11.8 Å². The summed E-state index contributed by atoms with van der Waals surface area (Å²) in [5.74, 6) is -2.40. The van der Waals surface area contributed by atoms with Gasteiger partial charge in [-0.05, 0) is 51.0 Å². The number of nitrogens with one attached hydrogen (secondary N) is 2. The molecule has 6 nitrogen and oxygen atoms in total. The Bertz CT molecular complexity index is 625. The van der Waals surface area contributed by atoms with Gasteiger partial charge in [-0.3, -0.25) is 14.4 Å². The lowest BCUT2D eigenvalue weighted by Gasteiger charge is -2.12. The second-order valence-electron chi connectivity index (χ2n) is 5.93. The summed E-state index contributed by atoms with van der Waals surface area (Å²) in [6, 6.07) is 5.07.